The van der Waals surface area contributed by atoms with E-state index < -0.39 is 0 Å². The molecule has 0 aliphatic carbocycles. The van der Waals surface area contributed by atoms with Crippen molar-refractivity contribution in [3.8, 4) is 0 Å². The fourth-order valence-electron chi connectivity index (χ4n) is 1.97. The smallest absolute Gasteiger partial charge is 0.257 e. The van der Waals surface area contributed by atoms with Gasteiger partial charge in [0, 0.05) is 22.8 Å². The van der Waals surface area contributed by atoms with Gasteiger partial charge in [-0.15, -0.1) is 11.8 Å². The first-order valence-electron chi connectivity index (χ1n) is 7.03. The van der Waals surface area contributed by atoms with Gasteiger partial charge in [0.05, 0.1) is 5.56 Å². The molecule has 0 fully saturated rings. The zero-order chi connectivity index (χ0) is 15.1. The van der Waals surface area contributed by atoms with E-state index in [1.807, 2.05) is 54.8 Å². The maximum absolute atomic E-state index is 12.4. The van der Waals surface area contributed by atoms with Gasteiger partial charge < -0.3 is 10.6 Å². The molecule has 0 spiro atoms. The summed E-state index contributed by atoms with van der Waals surface area (Å²) in [7, 11) is 0. The minimum absolute atomic E-state index is 0.0916. The van der Waals surface area contributed by atoms with Gasteiger partial charge in [-0.2, -0.15) is 0 Å². The van der Waals surface area contributed by atoms with Crippen molar-refractivity contribution in [3.63, 3.8) is 0 Å². The Bertz CT molecular complexity index is 596. The fraction of sp³-hybridized carbons (Fsp3) is 0.235. The van der Waals surface area contributed by atoms with Gasteiger partial charge >= 0.3 is 0 Å². The molecule has 0 radical (unpaired) electrons. The summed E-state index contributed by atoms with van der Waals surface area (Å²) in [5, 5.41) is 6.22. The Kier molecular flexibility index (Phi) is 5.69. The van der Waals surface area contributed by atoms with Gasteiger partial charge in [-0.3, -0.25) is 4.79 Å². The Morgan fingerprint density at radius 3 is 2.48 bits per heavy atom. The first-order chi connectivity index (χ1) is 10.2. The Hall–Kier alpha value is -1.94. The predicted octanol–water partition coefficient (Wildman–Crippen LogP) is 4.48. The molecule has 21 heavy (non-hydrogen) atoms. The number of anilines is 2. The molecule has 0 bridgehead atoms. The summed E-state index contributed by atoms with van der Waals surface area (Å²) in [5.41, 5.74) is 2.35. The van der Waals surface area contributed by atoms with Gasteiger partial charge in [0.2, 0.25) is 0 Å². The largest absolute Gasteiger partial charge is 0.384 e. The highest BCUT2D eigenvalue weighted by molar-refractivity contribution is 7.98. The Labute approximate surface area is 130 Å². The highest BCUT2D eigenvalue weighted by atomic mass is 32.2. The van der Waals surface area contributed by atoms with Gasteiger partial charge in [0.25, 0.3) is 5.91 Å². The highest BCUT2D eigenvalue weighted by Gasteiger charge is 2.10. The zero-order valence-electron chi connectivity index (χ0n) is 12.3. The molecular formula is C17H20N2OS. The van der Waals surface area contributed by atoms with E-state index in [9.17, 15) is 4.79 Å². The maximum Gasteiger partial charge on any atom is 0.257 e. The van der Waals surface area contributed by atoms with Crippen molar-refractivity contribution in [2.24, 2.45) is 0 Å². The molecule has 0 atom stereocenters. The van der Waals surface area contributed by atoms with Gasteiger partial charge in [-0.1, -0.05) is 19.1 Å². The van der Waals surface area contributed by atoms with Gasteiger partial charge in [0.1, 0.15) is 0 Å². The molecule has 110 valence electrons. The Morgan fingerprint density at radius 1 is 1.10 bits per heavy atom. The highest BCUT2D eigenvalue weighted by Crippen LogP contribution is 2.20. The average molecular weight is 300 g/mol. The molecule has 0 aliphatic rings. The minimum Gasteiger partial charge on any atom is -0.384 e. The SMILES string of the molecule is CCCNc1ccccc1C(=O)Nc1ccc(SC)cc1. The van der Waals surface area contributed by atoms with Gasteiger partial charge in [0.15, 0.2) is 0 Å². The second kappa shape index (κ2) is 7.74. The third-order valence-electron chi connectivity index (χ3n) is 3.09. The number of para-hydroxylation sites is 1. The number of hydrogen-bond acceptors (Lipinski definition) is 3. The van der Waals surface area contributed by atoms with Crippen LogP contribution in [-0.2, 0) is 0 Å². The molecule has 0 unspecified atom stereocenters. The van der Waals surface area contributed by atoms with Crippen molar-refractivity contribution < 1.29 is 4.79 Å². The van der Waals surface area contributed by atoms with Crippen LogP contribution < -0.4 is 10.6 Å². The van der Waals surface area contributed by atoms with Crippen molar-refractivity contribution in [2.75, 3.05) is 23.4 Å². The Balaban J connectivity index is 2.12. The third kappa shape index (κ3) is 4.26. The average Bonchev–Trinajstić information content (AvgIpc) is 2.54. The van der Waals surface area contributed by atoms with E-state index in [1.54, 1.807) is 11.8 Å². The molecule has 3 nitrogen and oxygen atoms in total. The number of carbonyl (C=O) groups is 1. The number of rotatable bonds is 6. The maximum atomic E-state index is 12.4. The molecule has 0 saturated heterocycles. The topological polar surface area (TPSA) is 41.1 Å². The second-order valence-electron chi connectivity index (χ2n) is 4.65. The Morgan fingerprint density at radius 2 is 1.81 bits per heavy atom. The van der Waals surface area contributed by atoms with E-state index in [-0.39, 0.29) is 5.91 Å². The van der Waals surface area contributed by atoms with Gasteiger partial charge in [-0.05, 0) is 49.1 Å². The molecule has 2 aromatic carbocycles. The summed E-state index contributed by atoms with van der Waals surface area (Å²) in [6, 6.07) is 15.4. The lowest BCUT2D eigenvalue weighted by molar-refractivity contribution is 0.102. The van der Waals surface area contributed by atoms with Crippen LogP contribution in [0.2, 0.25) is 0 Å². The van der Waals surface area contributed by atoms with Crippen molar-refractivity contribution in [3.05, 3.63) is 54.1 Å². The van der Waals surface area contributed by atoms with Crippen LogP contribution in [0.3, 0.4) is 0 Å². The fourth-order valence-corrected chi connectivity index (χ4v) is 2.38. The lowest BCUT2D eigenvalue weighted by Crippen LogP contribution is -2.15. The molecule has 0 heterocycles. The minimum atomic E-state index is -0.0916. The van der Waals surface area contributed by atoms with Crippen LogP contribution in [0.4, 0.5) is 11.4 Å². The zero-order valence-corrected chi connectivity index (χ0v) is 13.2. The normalized spacial score (nSPS) is 10.2. The van der Waals surface area contributed by atoms with Crippen molar-refractivity contribution in [2.45, 2.75) is 18.2 Å². The monoisotopic (exact) mass is 300 g/mol. The van der Waals surface area contributed by atoms with Crippen LogP contribution in [0.1, 0.15) is 23.7 Å². The van der Waals surface area contributed by atoms with E-state index in [0.29, 0.717) is 5.56 Å². The van der Waals surface area contributed by atoms with E-state index >= 15 is 0 Å². The molecule has 1 amide bonds. The summed E-state index contributed by atoms with van der Waals surface area (Å²) in [4.78, 5) is 13.6. The molecule has 2 rings (SSSR count). The molecule has 2 N–H and O–H groups in total. The first kappa shape index (κ1) is 15.4. The van der Waals surface area contributed by atoms with Gasteiger partial charge in [-0.25, -0.2) is 0 Å². The number of thioether (sulfide) groups is 1. The lowest BCUT2D eigenvalue weighted by atomic mass is 10.1. The van der Waals surface area contributed by atoms with Crippen molar-refractivity contribution in [1.29, 1.82) is 0 Å². The van der Waals surface area contributed by atoms with Crippen LogP contribution in [0.15, 0.2) is 53.4 Å². The van der Waals surface area contributed by atoms with Crippen LogP contribution in [-0.4, -0.2) is 18.7 Å². The number of amides is 1. The summed E-state index contributed by atoms with van der Waals surface area (Å²) in [6.45, 7) is 2.95. The standard InChI is InChI=1S/C17H20N2OS/c1-3-12-18-16-7-5-4-6-15(16)17(20)19-13-8-10-14(21-2)11-9-13/h4-11,18H,3,12H2,1-2H3,(H,19,20). The number of carbonyl (C=O) groups excluding carboxylic acids is 1. The molecular weight excluding hydrogens is 280 g/mol. The molecule has 0 saturated carbocycles. The van der Waals surface area contributed by atoms with Crippen LogP contribution >= 0.6 is 11.8 Å². The van der Waals surface area contributed by atoms with Crippen LogP contribution in [0.25, 0.3) is 0 Å². The quantitative estimate of drug-likeness (QED) is 0.773. The molecule has 4 heteroatoms. The predicted molar refractivity (Wildman–Crippen MR) is 91.4 cm³/mol. The molecule has 0 aliphatic heterocycles. The summed E-state index contributed by atoms with van der Waals surface area (Å²) in [6.07, 6.45) is 3.05. The second-order valence-corrected chi connectivity index (χ2v) is 5.53. The van der Waals surface area contributed by atoms with E-state index in [4.69, 9.17) is 0 Å². The van der Waals surface area contributed by atoms with Crippen LogP contribution in [0, 0.1) is 0 Å². The van der Waals surface area contributed by atoms with Crippen molar-refractivity contribution in [1.82, 2.24) is 0 Å². The lowest BCUT2D eigenvalue weighted by Gasteiger charge is -2.11. The summed E-state index contributed by atoms with van der Waals surface area (Å²) in [5.74, 6) is -0.0916. The first-order valence-corrected chi connectivity index (χ1v) is 8.25. The summed E-state index contributed by atoms with van der Waals surface area (Å²) >= 11 is 1.68. The van der Waals surface area contributed by atoms with Crippen LogP contribution in [0.5, 0.6) is 0 Å². The molecule has 0 aromatic heterocycles. The van der Waals surface area contributed by atoms with E-state index in [1.165, 1.54) is 4.90 Å². The number of benzene rings is 2. The number of hydrogen-bond donors (Lipinski definition) is 2. The van der Waals surface area contributed by atoms with E-state index in [0.717, 1.165) is 24.3 Å². The molecule has 2 aromatic rings. The third-order valence-corrected chi connectivity index (χ3v) is 3.83. The number of nitrogens with one attached hydrogen (secondary N) is 2. The van der Waals surface area contributed by atoms with E-state index in [2.05, 4.69) is 17.6 Å². The van der Waals surface area contributed by atoms with Crippen molar-refractivity contribution >= 4 is 29.0 Å². The summed E-state index contributed by atoms with van der Waals surface area (Å²) < 4.78 is 0.